The summed E-state index contributed by atoms with van der Waals surface area (Å²) in [5.41, 5.74) is 6.58. The molecule has 0 aliphatic rings. The van der Waals surface area contributed by atoms with E-state index in [4.69, 9.17) is 5.73 Å². The first-order valence-corrected chi connectivity index (χ1v) is 6.29. The molecule has 6 heteroatoms. The largest absolute Gasteiger partial charge is 0.351 e. The van der Waals surface area contributed by atoms with Gasteiger partial charge < -0.3 is 5.73 Å². The maximum Gasteiger partial charge on any atom is 0.338 e. The van der Waals surface area contributed by atoms with Crippen LogP contribution in [0.3, 0.4) is 0 Å². The molecule has 0 aliphatic carbocycles. The number of carbonyl (C=O) groups excluding carboxylic acids is 1. The molecule has 102 valence electrons. The number of nitrogens with two attached hydrogens (primary N) is 1. The molecule has 2 aromatic heterocycles. The van der Waals surface area contributed by atoms with Gasteiger partial charge in [0, 0.05) is 12.7 Å². The van der Waals surface area contributed by atoms with Crippen LogP contribution in [0.25, 0.3) is 11.2 Å². The van der Waals surface area contributed by atoms with Crippen molar-refractivity contribution < 1.29 is 4.79 Å². The van der Waals surface area contributed by atoms with Gasteiger partial charge >= 0.3 is 11.7 Å². The van der Waals surface area contributed by atoms with Crippen molar-refractivity contribution in [2.24, 2.45) is 18.7 Å². The van der Waals surface area contributed by atoms with E-state index in [2.05, 4.69) is 18.8 Å². The molecule has 2 aromatic rings. The molecule has 0 unspecified atom stereocenters. The predicted molar refractivity (Wildman–Crippen MR) is 73.1 cm³/mol. The van der Waals surface area contributed by atoms with E-state index in [9.17, 15) is 9.59 Å². The SMILES string of the molecule is CC(C)CCc1ccc2c(n1)n(C(N)=O)c(=O)n2C. The number of nitrogens with zero attached hydrogens (tertiary/aromatic N) is 3. The molecule has 1 amide bonds. The summed E-state index contributed by atoms with van der Waals surface area (Å²) in [7, 11) is 1.60. The summed E-state index contributed by atoms with van der Waals surface area (Å²) in [6.45, 7) is 4.28. The average molecular weight is 262 g/mol. The Labute approximate surface area is 110 Å². The number of aromatic nitrogens is 3. The van der Waals surface area contributed by atoms with Crippen molar-refractivity contribution in [2.45, 2.75) is 26.7 Å². The summed E-state index contributed by atoms with van der Waals surface area (Å²) in [5, 5.41) is 0. The molecule has 0 saturated heterocycles. The summed E-state index contributed by atoms with van der Waals surface area (Å²) < 4.78 is 2.29. The number of amides is 1. The van der Waals surface area contributed by atoms with E-state index in [0.717, 1.165) is 23.1 Å². The Bertz CT molecular complexity index is 682. The van der Waals surface area contributed by atoms with E-state index in [1.165, 1.54) is 4.57 Å². The van der Waals surface area contributed by atoms with Crippen molar-refractivity contribution >= 4 is 17.2 Å². The minimum atomic E-state index is -0.802. The minimum Gasteiger partial charge on any atom is -0.351 e. The van der Waals surface area contributed by atoms with Crippen LogP contribution in [0.1, 0.15) is 26.0 Å². The minimum absolute atomic E-state index is 0.334. The zero-order chi connectivity index (χ0) is 14.2. The Kier molecular flexibility index (Phi) is 3.42. The topological polar surface area (TPSA) is 82.9 Å². The number of imidazole rings is 1. The molecule has 2 N–H and O–H groups in total. The average Bonchev–Trinajstić information content (AvgIpc) is 2.59. The van der Waals surface area contributed by atoms with Gasteiger partial charge in [-0.15, -0.1) is 0 Å². The molecule has 0 aromatic carbocycles. The van der Waals surface area contributed by atoms with Gasteiger partial charge in [0.2, 0.25) is 0 Å². The lowest BCUT2D eigenvalue weighted by atomic mass is 10.1. The zero-order valence-corrected chi connectivity index (χ0v) is 11.4. The highest BCUT2D eigenvalue weighted by Gasteiger charge is 2.16. The van der Waals surface area contributed by atoms with Crippen LogP contribution in [0.4, 0.5) is 4.79 Å². The fourth-order valence-corrected chi connectivity index (χ4v) is 2.02. The summed E-state index contributed by atoms with van der Waals surface area (Å²) in [5.74, 6) is 0.576. The highest BCUT2D eigenvalue weighted by atomic mass is 16.2. The van der Waals surface area contributed by atoms with Crippen LogP contribution >= 0.6 is 0 Å². The van der Waals surface area contributed by atoms with Crippen molar-refractivity contribution in [3.8, 4) is 0 Å². The Morgan fingerprint density at radius 1 is 1.42 bits per heavy atom. The smallest absolute Gasteiger partial charge is 0.338 e. The molecule has 0 aliphatic heterocycles. The van der Waals surface area contributed by atoms with Crippen LogP contribution in [0, 0.1) is 5.92 Å². The Hall–Kier alpha value is -2.11. The van der Waals surface area contributed by atoms with Crippen LogP contribution < -0.4 is 11.4 Å². The van der Waals surface area contributed by atoms with Gasteiger partial charge in [-0.3, -0.25) is 4.57 Å². The molecule has 0 fully saturated rings. The number of rotatable bonds is 3. The third-order valence-electron chi connectivity index (χ3n) is 3.16. The first-order chi connectivity index (χ1) is 8.91. The third kappa shape index (κ3) is 2.38. The number of aryl methyl sites for hydroxylation is 2. The summed E-state index contributed by atoms with van der Waals surface area (Å²) in [6.07, 6.45) is 1.82. The maximum absolute atomic E-state index is 11.9. The Balaban J connectivity index is 2.55. The maximum atomic E-state index is 11.9. The van der Waals surface area contributed by atoms with Gasteiger partial charge in [-0.2, -0.15) is 4.57 Å². The van der Waals surface area contributed by atoms with Crippen LogP contribution in [-0.2, 0) is 13.5 Å². The lowest BCUT2D eigenvalue weighted by Gasteiger charge is -2.04. The molecule has 6 nitrogen and oxygen atoms in total. The van der Waals surface area contributed by atoms with Gasteiger partial charge in [0.15, 0.2) is 5.65 Å². The molecule has 2 heterocycles. The second kappa shape index (κ2) is 4.87. The second-order valence-electron chi connectivity index (χ2n) is 5.09. The van der Waals surface area contributed by atoms with Gasteiger partial charge in [0.1, 0.15) is 0 Å². The molecule has 0 atom stereocenters. The number of pyridine rings is 1. The molecule has 19 heavy (non-hydrogen) atoms. The first kappa shape index (κ1) is 13.3. The number of carbonyl (C=O) groups is 1. The highest BCUT2D eigenvalue weighted by Crippen LogP contribution is 2.13. The second-order valence-corrected chi connectivity index (χ2v) is 5.09. The summed E-state index contributed by atoms with van der Waals surface area (Å²) in [4.78, 5) is 27.6. The number of fused-ring (bicyclic) bond motifs is 1. The zero-order valence-electron chi connectivity index (χ0n) is 11.4. The van der Waals surface area contributed by atoms with Crippen LogP contribution in [-0.4, -0.2) is 20.1 Å². The van der Waals surface area contributed by atoms with Gasteiger partial charge in [0.05, 0.1) is 5.52 Å². The van der Waals surface area contributed by atoms with E-state index in [0.29, 0.717) is 17.1 Å². The molecular formula is C13H18N4O2. The predicted octanol–water partition coefficient (Wildman–Crippen LogP) is 1.25. The Morgan fingerprint density at radius 3 is 2.68 bits per heavy atom. The van der Waals surface area contributed by atoms with Gasteiger partial charge in [-0.1, -0.05) is 13.8 Å². The molecule has 0 spiro atoms. The molecule has 2 rings (SSSR count). The number of hydrogen-bond acceptors (Lipinski definition) is 3. The van der Waals surface area contributed by atoms with Crippen LogP contribution in [0.15, 0.2) is 16.9 Å². The van der Waals surface area contributed by atoms with Crippen molar-refractivity contribution in [2.75, 3.05) is 0 Å². The first-order valence-electron chi connectivity index (χ1n) is 6.29. The van der Waals surface area contributed by atoms with Gasteiger partial charge in [-0.25, -0.2) is 14.6 Å². The van der Waals surface area contributed by atoms with Crippen molar-refractivity contribution in [1.29, 1.82) is 0 Å². The lowest BCUT2D eigenvalue weighted by molar-refractivity contribution is 0.250. The van der Waals surface area contributed by atoms with Crippen molar-refractivity contribution in [3.63, 3.8) is 0 Å². The van der Waals surface area contributed by atoms with E-state index >= 15 is 0 Å². The lowest BCUT2D eigenvalue weighted by Crippen LogP contribution is -2.32. The van der Waals surface area contributed by atoms with Crippen molar-refractivity contribution in [1.82, 2.24) is 14.1 Å². The highest BCUT2D eigenvalue weighted by molar-refractivity contribution is 5.86. The molecule has 0 radical (unpaired) electrons. The van der Waals surface area contributed by atoms with Crippen LogP contribution in [0.5, 0.6) is 0 Å². The normalized spacial score (nSPS) is 11.4. The standard InChI is InChI=1S/C13H18N4O2/c1-8(2)4-5-9-6-7-10-11(15-9)17(12(14)18)13(19)16(10)3/h6-8H,4-5H2,1-3H3,(H2,14,18). The molecular weight excluding hydrogens is 244 g/mol. The van der Waals surface area contributed by atoms with E-state index < -0.39 is 11.7 Å². The fraction of sp³-hybridized carbons (Fsp3) is 0.462. The molecule has 0 bridgehead atoms. The number of hydrogen-bond donors (Lipinski definition) is 1. The Morgan fingerprint density at radius 2 is 2.11 bits per heavy atom. The van der Waals surface area contributed by atoms with E-state index in [1.54, 1.807) is 13.1 Å². The molecule has 0 saturated carbocycles. The fourth-order valence-electron chi connectivity index (χ4n) is 2.02. The van der Waals surface area contributed by atoms with Crippen molar-refractivity contribution in [3.05, 3.63) is 28.3 Å². The quantitative estimate of drug-likeness (QED) is 0.903. The number of primary amides is 1. The van der Waals surface area contributed by atoms with E-state index in [-0.39, 0.29) is 0 Å². The van der Waals surface area contributed by atoms with Gasteiger partial charge in [-0.05, 0) is 30.9 Å². The monoisotopic (exact) mass is 262 g/mol. The summed E-state index contributed by atoms with van der Waals surface area (Å²) >= 11 is 0. The summed E-state index contributed by atoms with van der Waals surface area (Å²) in [6, 6.07) is 2.89. The van der Waals surface area contributed by atoms with Gasteiger partial charge in [0.25, 0.3) is 0 Å². The third-order valence-corrected chi connectivity index (χ3v) is 3.16. The van der Waals surface area contributed by atoms with E-state index in [1.807, 2.05) is 6.07 Å². The van der Waals surface area contributed by atoms with Crippen LogP contribution in [0.2, 0.25) is 0 Å².